The number of hydrogen-bond donors (Lipinski definition) is 3. The predicted octanol–water partition coefficient (Wildman–Crippen LogP) is 8.96. The molecule has 3 amide bonds. The van der Waals surface area contributed by atoms with E-state index in [0.29, 0.717) is 10.6 Å². The normalized spacial score (nSPS) is 16.7. The zero-order chi connectivity index (χ0) is 31.1. The van der Waals surface area contributed by atoms with Crippen molar-refractivity contribution in [3.63, 3.8) is 0 Å². The van der Waals surface area contributed by atoms with E-state index in [1.165, 1.54) is 30.3 Å². The number of halogens is 7. The van der Waals surface area contributed by atoms with E-state index in [1.54, 1.807) is 36.4 Å². The van der Waals surface area contributed by atoms with E-state index in [1.807, 2.05) is 0 Å². The van der Waals surface area contributed by atoms with Crippen molar-refractivity contribution in [2.75, 3.05) is 16.0 Å². The minimum absolute atomic E-state index is 0.0141. The fourth-order valence-corrected chi connectivity index (χ4v) is 5.84. The van der Waals surface area contributed by atoms with E-state index < -0.39 is 56.9 Å². The summed E-state index contributed by atoms with van der Waals surface area (Å²) in [5, 5.41) is 7.77. The molecule has 0 radical (unpaired) electrons. The molecular weight excluding hydrogens is 666 g/mol. The maximum absolute atomic E-state index is 15.2. The van der Waals surface area contributed by atoms with Crippen LogP contribution in [-0.2, 0) is 4.79 Å². The van der Waals surface area contributed by atoms with Crippen molar-refractivity contribution >= 4 is 92.8 Å². The number of carbonyl (C=O) groups excluding carboxylic acids is 3. The molecule has 0 heterocycles. The highest BCUT2D eigenvalue weighted by Crippen LogP contribution is 2.65. The van der Waals surface area contributed by atoms with Gasteiger partial charge in [-0.05, 0) is 60.2 Å². The largest absolute Gasteiger partial charge is 0.326 e. The van der Waals surface area contributed by atoms with Crippen LogP contribution in [0.25, 0.3) is 0 Å². The topological polar surface area (TPSA) is 87.3 Å². The van der Waals surface area contributed by atoms with Crippen LogP contribution in [0.15, 0.2) is 78.9 Å². The van der Waals surface area contributed by atoms with Gasteiger partial charge in [-0.15, -0.1) is 23.2 Å². The van der Waals surface area contributed by atoms with Crippen LogP contribution in [0.5, 0.6) is 0 Å². The third-order valence-corrected chi connectivity index (χ3v) is 8.74. The van der Waals surface area contributed by atoms with Gasteiger partial charge in [0.2, 0.25) is 5.91 Å². The van der Waals surface area contributed by atoms with Crippen LogP contribution in [0.4, 0.5) is 25.8 Å². The molecule has 0 bridgehead atoms. The van der Waals surface area contributed by atoms with Gasteiger partial charge in [-0.3, -0.25) is 14.4 Å². The zero-order valence-corrected chi connectivity index (χ0v) is 25.3. The molecule has 2 atom stereocenters. The first-order chi connectivity index (χ1) is 20.4. The first-order valence-electron chi connectivity index (χ1n) is 12.5. The zero-order valence-electron chi connectivity index (χ0n) is 21.5. The number of hydrogen-bond acceptors (Lipinski definition) is 3. The van der Waals surface area contributed by atoms with Crippen LogP contribution in [-0.4, -0.2) is 22.1 Å². The molecule has 6 nitrogen and oxygen atoms in total. The SMILES string of the molecule is O=C(Nc1c(F)ccc(NC(=O)c2cc(NC(=O)C3[C@H](c4ccc(Cl)c(Cl)c4)C3(Cl)Cl)ccc2Cl)c1F)c1ccccc1. The van der Waals surface area contributed by atoms with Gasteiger partial charge in [-0.2, -0.15) is 0 Å². The van der Waals surface area contributed by atoms with Crippen LogP contribution in [0.1, 0.15) is 32.2 Å². The molecule has 5 rings (SSSR count). The van der Waals surface area contributed by atoms with Crippen molar-refractivity contribution in [2.45, 2.75) is 10.3 Å². The first kappa shape index (κ1) is 31.0. The summed E-state index contributed by atoms with van der Waals surface area (Å²) >= 11 is 31.1. The highest BCUT2D eigenvalue weighted by molar-refractivity contribution is 6.53. The highest BCUT2D eigenvalue weighted by atomic mass is 35.5. The van der Waals surface area contributed by atoms with E-state index in [2.05, 4.69) is 16.0 Å². The molecule has 0 spiro atoms. The molecule has 0 aliphatic heterocycles. The summed E-state index contributed by atoms with van der Waals surface area (Å²) in [4.78, 5) is 38.6. The Bertz CT molecular complexity index is 1770. The fraction of sp³-hybridized carbons (Fsp3) is 0.100. The number of benzene rings is 4. The van der Waals surface area contributed by atoms with Crippen molar-refractivity contribution in [2.24, 2.45) is 5.92 Å². The number of alkyl halides is 2. The number of rotatable bonds is 7. The maximum atomic E-state index is 15.2. The molecule has 4 aromatic carbocycles. The Hall–Kier alpha value is -3.40. The molecule has 0 aromatic heterocycles. The highest BCUT2D eigenvalue weighted by Gasteiger charge is 2.67. The van der Waals surface area contributed by atoms with Crippen molar-refractivity contribution < 1.29 is 23.2 Å². The van der Waals surface area contributed by atoms with Crippen LogP contribution in [0.2, 0.25) is 15.1 Å². The molecule has 4 aromatic rings. The molecule has 0 saturated heterocycles. The Morgan fingerprint density at radius 1 is 0.721 bits per heavy atom. The van der Waals surface area contributed by atoms with Gasteiger partial charge in [0.1, 0.15) is 15.8 Å². The van der Waals surface area contributed by atoms with E-state index in [0.717, 1.165) is 12.1 Å². The molecule has 220 valence electrons. The van der Waals surface area contributed by atoms with Gasteiger partial charge in [0.25, 0.3) is 11.8 Å². The molecule has 1 unspecified atom stereocenters. The molecule has 1 aliphatic carbocycles. The lowest BCUT2D eigenvalue weighted by Crippen LogP contribution is -2.19. The predicted molar refractivity (Wildman–Crippen MR) is 166 cm³/mol. The molecule has 1 saturated carbocycles. The summed E-state index contributed by atoms with van der Waals surface area (Å²) in [5.41, 5.74) is -0.313. The number of carbonyl (C=O) groups is 3. The Labute approximate surface area is 269 Å². The van der Waals surface area contributed by atoms with Crippen LogP contribution >= 0.6 is 58.0 Å². The smallest absolute Gasteiger partial charge is 0.257 e. The van der Waals surface area contributed by atoms with Gasteiger partial charge < -0.3 is 16.0 Å². The van der Waals surface area contributed by atoms with E-state index in [-0.39, 0.29) is 26.9 Å². The second-order valence-corrected chi connectivity index (χ2v) is 12.2. The average Bonchev–Trinajstić information content (AvgIpc) is 3.57. The average molecular weight is 684 g/mol. The Balaban J connectivity index is 1.31. The van der Waals surface area contributed by atoms with E-state index in [4.69, 9.17) is 58.0 Å². The van der Waals surface area contributed by atoms with E-state index >= 15 is 4.39 Å². The summed E-state index contributed by atoms with van der Waals surface area (Å²) < 4.78 is 28.3. The molecule has 1 aliphatic rings. The van der Waals surface area contributed by atoms with Crippen molar-refractivity contribution in [3.05, 3.63) is 122 Å². The van der Waals surface area contributed by atoms with Gasteiger partial charge >= 0.3 is 0 Å². The lowest BCUT2D eigenvalue weighted by atomic mass is 10.1. The first-order valence-corrected chi connectivity index (χ1v) is 14.4. The monoisotopic (exact) mass is 681 g/mol. The second kappa shape index (κ2) is 12.3. The van der Waals surface area contributed by atoms with Crippen LogP contribution in [0, 0.1) is 17.6 Å². The molecular formula is C30H18Cl5F2N3O3. The van der Waals surface area contributed by atoms with Crippen molar-refractivity contribution in [1.82, 2.24) is 0 Å². The maximum Gasteiger partial charge on any atom is 0.257 e. The van der Waals surface area contributed by atoms with Crippen LogP contribution < -0.4 is 16.0 Å². The molecule has 43 heavy (non-hydrogen) atoms. The van der Waals surface area contributed by atoms with Gasteiger partial charge in [0.15, 0.2) is 5.82 Å². The summed E-state index contributed by atoms with van der Waals surface area (Å²) in [6, 6.07) is 18.6. The van der Waals surface area contributed by atoms with E-state index in [9.17, 15) is 18.8 Å². The Morgan fingerprint density at radius 2 is 1.42 bits per heavy atom. The minimum Gasteiger partial charge on any atom is -0.326 e. The molecule has 13 heteroatoms. The summed E-state index contributed by atoms with van der Waals surface area (Å²) in [5.74, 6) is -5.81. The summed E-state index contributed by atoms with van der Waals surface area (Å²) in [7, 11) is 0. The standard InChI is InChI=1S/C30H18Cl5F2N3O3/c31-18-9-7-16(38-29(43)24-23(30(24,34)35)15-6-8-19(32)20(33)12-15)13-17(18)28(42)39-22-11-10-21(36)26(25(22)37)40-27(41)14-4-2-1-3-5-14/h1-13,23-24H,(H,38,43)(H,39,42)(H,40,41)/t23-,24?/m0/s1. The third kappa shape index (κ3) is 6.44. The Kier molecular flexibility index (Phi) is 8.88. The van der Waals surface area contributed by atoms with Gasteiger partial charge in [-0.25, -0.2) is 8.78 Å². The van der Waals surface area contributed by atoms with Crippen LogP contribution in [0.3, 0.4) is 0 Å². The molecule has 1 fully saturated rings. The minimum atomic E-state index is -1.42. The number of nitrogens with one attached hydrogen (secondary N) is 3. The van der Waals surface area contributed by atoms with Gasteiger partial charge in [-0.1, -0.05) is 59.1 Å². The number of anilines is 3. The summed E-state index contributed by atoms with van der Waals surface area (Å²) in [6.07, 6.45) is 0. The Morgan fingerprint density at radius 3 is 2.12 bits per heavy atom. The quantitative estimate of drug-likeness (QED) is 0.170. The van der Waals surface area contributed by atoms with Crippen molar-refractivity contribution in [1.29, 1.82) is 0 Å². The second-order valence-electron chi connectivity index (χ2n) is 9.55. The number of amides is 3. The third-order valence-electron chi connectivity index (χ3n) is 6.73. The van der Waals surface area contributed by atoms with Gasteiger partial charge in [0.05, 0.1) is 32.2 Å². The van der Waals surface area contributed by atoms with Crippen molar-refractivity contribution in [3.8, 4) is 0 Å². The summed E-state index contributed by atoms with van der Waals surface area (Å²) in [6.45, 7) is 0. The lowest BCUT2D eigenvalue weighted by molar-refractivity contribution is -0.117. The lowest BCUT2D eigenvalue weighted by Gasteiger charge is -2.13. The molecule has 3 N–H and O–H groups in total. The van der Waals surface area contributed by atoms with Gasteiger partial charge in [0, 0.05) is 17.2 Å². The fourth-order valence-electron chi connectivity index (χ4n) is 4.50.